The molecule has 0 saturated carbocycles. The molecule has 1 atom stereocenters. The largest absolute Gasteiger partial charge is 0.481 e. The van der Waals surface area contributed by atoms with E-state index >= 15 is 0 Å². The fourth-order valence-electron chi connectivity index (χ4n) is 1.55. The van der Waals surface area contributed by atoms with Gasteiger partial charge in [0.25, 0.3) is 5.89 Å². The highest BCUT2D eigenvalue weighted by atomic mass is 16.5. The molecule has 0 aliphatic carbocycles. The molecule has 6 heteroatoms. The van der Waals surface area contributed by atoms with Crippen LogP contribution in [0, 0.1) is 6.92 Å². The smallest absolute Gasteiger partial charge is 0.267 e. The molecule has 1 N–H and O–H groups in total. The first-order chi connectivity index (χ1) is 9.04. The Morgan fingerprint density at radius 2 is 2.05 bits per heavy atom. The maximum Gasteiger partial charge on any atom is 0.267 e. The minimum absolute atomic E-state index is 0.108. The van der Waals surface area contributed by atoms with Crippen molar-refractivity contribution >= 4 is 11.6 Å². The van der Waals surface area contributed by atoms with Crippen LogP contribution in [0.15, 0.2) is 28.8 Å². The van der Waals surface area contributed by atoms with Gasteiger partial charge in [-0.05, 0) is 38.1 Å². The third-order valence-corrected chi connectivity index (χ3v) is 2.38. The Kier molecular flexibility index (Phi) is 3.79. The molecule has 1 heterocycles. The quantitative estimate of drug-likeness (QED) is 0.914. The lowest BCUT2D eigenvalue weighted by atomic mass is 10.3. The van der Waals surface area contributed by atoms with E-state index in [-0.39, 0.29) is 12.0 Å². The zero-order valence-electron chi connectivity index (χ0n) is 11.0. The topological polar surface area (TPSA) is 77.2 Å². The molecule has 0 fully saturated rings. The number of rotatable bonds is 4. The zero-order valence-corrected chi connectivity index (χ0v) is 11.0. The van der Waals surface area contributed by atoms with E-state index in [2.05, 4.69) is 15.5 Å². The molecular formula is C13H15N3O3. The maximum absolute atomic E-state index is 10.9. The Labute approximate surface area is 110 Å². The van der Waals surface area contributed by atoms with E-state index in [9.17, 15) is 4.79 Å². The molecule has 0 aliphatic rings. The molecule has 0 aliphatic heterocycles. The van der Waals surface area contributed by atoms with Gasteiger partial charge in [-0.25, -0.2) is 0 Å². The molecule has 6 nitrogen and oxygen atoms in total. The molecule has 0 spiro atoms. The van der Waals surface area contributed by atoms with Gasteiger partial charge in [0, 0.05) is 12.6 Å². The fraction of sp³-hybridized carbons (Fsp3) is 0.308. The van der Waals surface area contributed by atoms with Gasteiger partial charge in [0.05, 0.1) is 0 Å². The van der Waals surface area contributed by atoms with Crippen molar-refractivity contribution in [2.24, 2.45) is 0 Å². The number of ether oxygens (including phenoxy) is 1. The third kappa shape index (κ3) is 3.54. The van der Waals surface area contributed by atoms with Gasteiger partial charge in [-0.15, -0.1) is 0 Å². The number of hydrogen-bond donors (Lipinski definition) is 1. The van der Waals surface area contributed by atoms with E-state index in [1.807, 2.05) is 6.92 Å². The number of carbonyl (C=O) groups is 1. The molecule has 2 aromatic rings. The van der Waals surface area contributed by atoms with Gasteiger partial charge in [0.15, 0.2) is 11.9 Å². The molecular weight excluding hydrogens is 246 g/mol. The average molecular weight is 261 g/mol. The first-order valence-corrected chi connectivity index (χ1v) is 5.89. The highest BCUT2D eigenvalue weighted by Gasteiger charge is 2.14. The summed E-state index contributed by atoms with van der Waals surface area (Å²) in [6, 6.07) is 7.07. The van der Waals surface area contributed by atoms with Crippen LogP contribution in [0.1, 0.15) is 31.7 Å². The summed E-state index contributed by atoms with van der Waals surface area (Å²) in [5, 5.41) is 6.40. The molecule has 0 saturated heterocycles. The predicted molar refractivity (Wildman–Crippen MR) is 68.8 cm³/mol. The minimum atomic E-state index is -0.326. The van der Waals surface area contributed by atoms with Crippen LogP contribution < -0.4 is 10.1 Å². The Bertz CT molecular complexity index is 563. The second kappa shape index (κ2) is 5.51. The average Bonchev–Trinajstić information content (AvgIpc) is 2.78. The van der Waals surface area contributed by atoms with E-state index in [1.54, 1.807) is 31.2 Å². The molecule has 2 rings (SSSR count). The Hall–Kier alpha value is -2.37. The van der Waals surface area contributed by atoms with Gasteiger partial charge < -0.3 is 14.6 Å². The Balaban J connectivity index is 2.01. The van der Waals surface area contributed by atoms with Crippen molar-refractivity contribution < 1.29 is 14.1 Å². The number of nitrogens with zero attached hydrogens (tertiary/aromatic N) is 2. The van der Waals surface area contributed by atoms with Crippen molar-refractivity contribution in [2.45, 2.75) is 26.9 Å². The number of aryl methyl sites for hydroxylation is 1. The van der Waals surface area contributed by atoms with Crippen molar-refractivity contribution in [1.82, 2.24) is 10.1 Å². The van der Waals surface area contributed by atoms with Crippen LogP contribution in [-0.4, -0.2) is 16.0 Å². The van der Waals surface area contributed by atoms with Crippen LogP contribution in [0.25, 0.3) is 0 Å². The number of hydrogen-bond acceptors (Lipinski definition) is 5. The van der Waals surface area contributed by atoms with Crippen molar-refractivity contribution in [1.29, 1.82) is 0 Å². The second-order valence-corrected chi connectivity index (χ2v) is 4.15. The molecule has 1 unspecified atom stereocenters. The minimum Gasteiger partial charge on any atom is -0.481 e. The van der Waals surface area contributed by atoms with E-state index < -0.39 is 0 Å². The van der Waals surface area contributed by atoms with Crippen LogP contribution in [0.2, 0.25) is 0 Å². The van der Waals surface area contributed by atoms with Crippen molar-refractivity contribution in [3.05, 3.63) is 36.0 Å². The van der Waals surface area contributed by atoms with E-state index in [1.165, 1.54) is 6.92 Å². The van der Waals surface area contributed by atoms with Gasteiger partial charge in [-0.1, -0.05) is 5.16 Å². The summed E-state index contributed by atoms with van der Waals surface area (Å²) in [6.45, 7) is 5.04. The number of carbonyl (C=O) groups excluding carboxylic acids is 1. The van der Waals surface area contributed by atoms with Crippen LogP contribution in [-0.2, 0) is 4.79 Å². The highest BCUT2D eigenvalue weighted by molar-refractivity contribution is 5.88. The standard InChI is InChI=1S/C13H15N3O3/c1-8(13-14-9(2)16-19-13)18-12-6-4-11(5-7-12)15-10(3)17/h4-8H,1-3H3,(H,15,17). The number of benzene rings is 1. The summed E-state index contributed by atoms with van der Waals surface area (Å²) in [7, 11) is 0. The maximum atomic E-state index is 10.9. The van der Waals surface area contributed by atoms with Crippen LogP contribution in [0.5, 0.6) is 5.75 Å². The van der Waals surface area contributed by atoms with Crippen LogP contribution >= 0.6 is 0 Å². The zero-order chi connectivity index (χ0) is 13.8. The number of amides is 1. The summed E-state index contributed by atoms with van der Waals surface area (Å²) in [6.07, 6.45) is -0.326. The molecule has 0 radical (unpaired) electrons. The monoisotopic (exact) mass is 261 g/mol. The first kappa shape index (κ1) is 13.1. The summed E-state index contributed by atoms with van der Waals surface area (Å²) in [5.41, 5.74) is 0.723. The fourth-order valence-corrected chi connectivity index (χ4v) is 1.55. The van der Waals surface area contributed by atoms with Crippen LogP contribution in [0.4, 0.5) is 5.69 Å². The number of aromatic nitrogens is 2. The van der Waals surface area contributed by atoms with Crippen molar-refractivity contribution in [2.75, 3.05) is 5.32 Å². The van der Waals surface area contributed by atoms with E-state index in [4.69, 9.17) is 9.26 Å². The summed E-state index contributed by atoms with van der Waals surface area (Å²) >= 11 is 0. The molecule has 19 heavy (non-hydrogen) atoms. The first-order valence-electron chi connectivity index (χ1n) is 5.89. The lowest BCUT2D eigenvalue weighted by molar-refractivity contribution is -0.114. The van der Waals surface area contributed by atoms with Crippen molar-refractivity contribution in [3.8, 4) is 5.75 Å². The van der Waals surface area contributed by atoms with Crippen molar-refractivity contribution in [3.63, 3.8) is 0 Å². The van der Waals surface area contributed by atoms with Gasteiger partial charge in [0.1, 0.15) is 5.75 Å². The molecule has 1 aromatic heterocycles. The summed E-state index contributed by atoms with van der Waals surface area (Å²) in [5.74, 6) is 1.57. The van der Waals surface area contributed by atoms with Gasteiger partial charge in [-0.3, -0.25) is 4.79 Å². The predicted octanol–water partition coefficient (Wildman–Crippen LogP) is 2.48. The normalized spacial score (nSPS) is 11.9. The lowest BCUT2D eigenvalue weighted by Crippen LogP contribution is -2.06. The molecule has 0 bridgehead atoms. The summed E-state index contributed by atoms with van der Waals surface area (Å²) in [4.78, 5) is 15.0. The number of anilines is 1. The van der Waals surface area contributed by atoms with Crippen LogP contribution in [0.3, 0.4) is 0 Å². The number of nitrogens with one attached hydrogen (secondary N) is 1. The van der Waals surface area contributed by atoms with Gasteiger partial charge in [-0.2, -0.15) is 4.98 Å². The lowest BCUT2D eigenvalue weighted by Gasteiger charge is -2.11. The second-order valence-electron chi connectivity index (χ2n) is 4.15. The highest BCUT2D eigenvalue weighted by Crippen LogP contribution is 2.22. The summed E-state index contributed by atoms with van der Waals surface area (Å²) < 4.78 is 10.7. The third-order valence-electron chi connectivity index (χ3n) is 2.38. The van der Waals surface area contributed by atoms with Gasteiger partial charge >= 0.3 is 0 Å². The Morgan fingerprint density at radius 3 is 2.58 bits per heavy atom. The molecule has 1 aromatic carbocycles. The van der Waals surface area contributed by atoms with E-state index in [0.29, 0.717) is 17.5 Å². The van der Waals surface area contributed by atoms with Gasteiger partial charge in [0.2, 0.25) is 5.91 Å². The molecule has 1 amide bonds. The Morgan fingerprint density at radius 1 is 1.37 bits per heavy atom. The van der Waals surface area contributed by atoms with E-state index in [0.717, 1.165) is 5.69 Å². The molecule has 100 valence electrons. The SMILES string of the molecule is CC(=O)Nc1ccc(OC(C)c2nc(C)no2)cc1.